The molecule has 7 heteroatoms. The zero-order chi connectivity index (χ0) is 10.1. The molecule has 2 N–H and O–H groups in total. The van der Waals surface area contributed by atoms with Gasteiger partial charge in [-0.15, -0.1) is 0 Å². The molecule has 4 nitrogen and oxygen atoms in total. The Labute approximate surface area is 101 Å². The fraction of sp³-hybridized carbons (Fsp3) is 0. The first-order chi connectivity index (χ1) is 6.66. The molecule has 0 radical (unpaired) electrons. The van der Waals surface area contributed by atoms with E-state index in [-0.39, 0.29) is 0 Å². The van der Waals surface area contributed by atoms with E-state index in [1.807, 2.05) is 6.07 Å². The second-order valence-electron chi connectivity index (χ2n) is 2.44. The van der Waals surface area contributed by atoms with Crippen molar-refractivity contribution < 1.29 is 0 Å². The Morgan fingerprint density at radius 2 is 2.14 bits per heavy atom. The summed E-state index contributed by atoms with van der Waals surface area (Å²) in [6.07, 6.45) is 1.69. The van der Waals surface area contributed by atoms with Crippen LogP contribution in [0.5, 0.6) is 0 Å². The van der Waals surface area contributed by atoms with Crippen molar-refractivity contribution in [2.75, 3.05) is 5.73 Å². The number of pyridine rings is 1. The normalized spacial score (nSPS) is 10.4. The molecule has 72 valence electrons. The van der Waals surface area contributed by atoms with Crippen LogP contribution in [0.3, 0.4) is 0 Å². The van der Waals surface area contributed by atoms with Crippen molar-refractivity contribution >= 4 is 48.5 Å². The van der Waals surface area contributed by atoms with E-state index in [2.05, 4.69) is 46.2 Å². The van der Waals surface area contributed by atoms with Gasteiger partial charge in [-0.05, 0) is 37.9 Å². The van der Waals surface area contributed by atoms with Crippen molar-refractivity contribution in [3.8, 4) is 11.5 Å². The van der Waals surface area contributed by atoms with Gasteiger partial charge in [0.1, 0.15) is 5.69 Å². The Morgan fingerprint density at radius 3 is 2.71 bits per heavy atom. The van der Waals surface area contributed by atoms with Crippen molar-refractivity contribution in [2.24, 2.45) is 0 Å². The quantitative estimate of drug-likeness (QED) is 0.870. The standard InChI is InChI=1S/C7H4Br2N4S/c8-3-1-4(9)5(11-2-3)6-12-7(10)14-13-6/h1-2H,(H2,10,12,13). The van der Waals surface area contributed by atoms with Gasteiger partial charge in [-0.2, -0.15) is 9.36 Å². The molecule has 0 saturated carbocycles. The summed E-state index contributed by atoms with van der Waals surface area (Å²) in [4.78, 5) is 8.24. The van der Waals surface area contributed by atoms with Gasteiger partial charge in [0.05, 0.1) is 0 Å². The summed E-state index contributed by atoms with van der Waals surface area (Å²) in [6, 6.07) is 1.89. The maximum Gasteiger partial charge on any atom is 0.200 e. The smallest absolute Gasteiger partial charge is 0.200 e. The van der Waals surface area contributed by atoms with Crippen LogP contribution in [-0.2, 0) is 0 Å². The molecule has 0 amide bonds. The summed E-state index contributed by atoms with van der Waals surface area (Å²) in [6.45, 7) is 0. The average molecular weight is 336 g/mol. The van der Waals surface area contributed by atoms with E-state index in [9.17, 15) is 0 Å². The Kier molecular flexibility index (Phi) is 2.80. The minimum Gasteiger partial charge on any atom is -0.374 e. The zero-order valence-electron chi connectivity index (χ0n) is 6.74. The summed E-state index contributed by atoms with van der Waals surface area (Å²) in [5, 5.41) is 0.441. The molecular weight excluding hydrogens is 332 g/mol. The Bertz CT molecular complexity index is 470. The minimum atomic E-state index is 0.441. The molecule has 14 heavy (non-hydrogen) atoms. The number of nitrogens with two attached hydrogens (primary N) is 1. The SMILES string of the molecule is Nc1nc(-c2ncc(Br)cc2Br)ns1. The second-order valence-corrected chi connectivity index (χ2v) is 4.99. The van der Waals surface area contributed by atoms with Crippen molar-refractivity contribution in [3.05, 3.63) is 21.2 Å². The maximum absolute atomic E-state index is 5.49. The highest BCUT2D eigenvalue weighted by Gasteiger charge is 2.10. The van der Waals surface area contributed by atoms with Crippen LogP contribution in [0, 0.1) is 0 Å². The lowest BCUT2D eigenvalue weighted by Crippen LogP contribution is -1.88. The van der Waals surface area contributed by atoms with Crippen LogP contribution in [0.1, 0.15) is 0 Å². The van der Waals surface area contributed by atoms with E-state index in [0.717, 1.165) is 20.5 Å². The molecule has 0 bridgehead atoms. The third-order valence-corrected chi connectivity index (χ3v) is 3.04. The number of nitrogen functional groups attached to an aromatic ring is 1. The monoisotopic (exact) mass is 334 g/mol. The number of rotatable bonds is 1. The van der Waals surface area contributed by atoms with Crippen LogP contribution in [-0.4, -0.2) is 14.3 Å². The maximum atomic E-state index is 5.49. The van der Waals surface area contributed by atoms with Crippen LogP contribution < -0.4 is 5.73 Å². The van der Waals surface area contributed by atoms with Gasteiger partial charge in [0.2, 0.25) is 0 Å². The summed E-state index contributed by atoms with van der Waals surface area (Å²) >= 11 is 7.86. The fourth-order valence-electron chi connectivity index (χ4n) is 0.910. The highest BCUT2D eigenvalue weighted by Crippen LogP contribution is 2.27. The summed E-state index contributed by atoms with van der Waals surface area (Å²) in [7, 11) is 0. The molecule has 2 heterocycles. The van der Waals surface area contributed by atoms with Crippen LogP contribution >= 0.6 is 43.4 Å². The van der Waals surface area contributed by atoms with Gasteiger partial charge in [0, 0.05) is 26.7 Å². The van der Waals surface area contributed by atoms with Crippen LogP contribution in [0.2, 0.25) is 0 Å². The first-order valence-electron chi connectivity index (χ1n) is 3.57. The Morgan fingerprint density at radius 1 is 1.36 bits per heavy atom. The molecular formula is C7H4Br2N4S. The first kappa shape index (κ1) is 10.0. The van der Waals surface area contributed by atoms with Gasteiger partial charge in [-0.25, -0.2) is 0 Å². The number of anilines is 1. The van der Waals surface area contributed by atoms with Crippen molar-refractivity contribution in [1.82, 2.24) is 14.3 Å². The highest BCUT2D eigenvalue weighted by atomic mass is 79.9. The van der Waals surface area contributed by atoms with E-state index in [0.29, 0.717) is 16.6 Å². The molecule has 0 aliphatic rings. The van der Waals surface area contributed by atoms with Gasteiger partial charge < -0.3 is 5.73 Å². The van der Waals surface area contributed by atoms with Crippen LogP contribution in [0.25, 0.3) is 11.5 Å². The van der Waals surface area contributed by atoms with E-state index in [1.54, 1.807) is 6.20 Å². The molecule has 2 aromatic heterocycles. The van der Waals surface area contributed by atoms with Gasteiger partial charge >= 0.3 is 0 Å². The average Bonchev–Trinajstić information content (AvgIpc) is 2.51. The first-order valence-corrected chi connectivity index (χ1v) is 5.93. The topological polar surface area (TPSA) is 64.7 Å². The summed E-state index contributed by atoms with van der Waals surface area (Å²) < 4.78 is 5.81. The Hall–Kier alpha value is -0.530. The van der Waals surface area contributed by atoms with E-state index < -0.39 is 0 Å². The molecule has 0 aliphatic heterocycles. The highest BCUT2D eigenvalue weighted by molar-refractivity contribution is 9.11. The van der Waals surface area contributed by atoms with Gasteiger partial charge in [0.25, 0.3) is 0 Å². The van der Waals surface area contributed by atoms with Crippen LogP contribution in [0.15, 0.2) is 21.2 Å². The lowest BCUT2D eigenvalue weighted by Gasteiger charge is -1.98. The molecule has 0 aliphatic carbocycles. The number of hydrogen-bond donors (Lipinski definition) is 1. The van der Waals surface area contributed by atoms with Crippen molar-refractivity contribution in [2.45, 2.75) is 0 Å². The lowest BCUT2D eigenvalue weighted by molar-refractivity contribution is 1.21. The van der Waals surface area contributed by atoms with Crippen molar-refractivity contribution in [1.29, 1.82) is 0 Å². The third kappa shape index (κ3) is 1.94. The van der Waals surface area contributed by atoms with Gasteiger partial charge in [-0.1, -0.05) is 0 Å². The second kappa shape index (κ2) is 3.92. The number of aromatic nitrogens is 3. The molecule has 0 fully saturated rings. The van der Waals surface area contributed by atoms with Crippen LogP contribution in [0.4, 0.5) is 5.13 Å². The van der Waals surface area contributed by atoms with Gasteiger partial charge in [0.15, 0.2) is 11.0 Å². The lowest BCUT2D eigenvalue weighted by atomic mass is 10.3. The van der Waals surface area contributed by atoms with E-state index in [4.69, 9.17) is 5.73 Å². The Balaban J connectivity index is 2.52. The molecule has 0 spiro atoms. The summed E-state index contributed by atoms with van der Waals surface area (Å²) in [5.74, 6) is 0.548. The molecule has 0 saturated heterocycles. The zero-order valence-corrected chi connectivity index (χ0v) is 10.7. The fourth-order valence-corrected chi connectivity index (χ4v) is 2.51. The molecule has 0 atom stereocenters. The molecule has 0 unspecified atom stereocenters. The van der Waals surface area contributed by atoms with E-state index in [1.165, 1.54) is 0 Å². The largest absolute Gasteiger partial charge is 0.374 e. The molecule has 0 aromatic carbocycles. The molecule has 2 aromatic rings. The predicted octanol–water partition coefficient (Wildman–Crippen LogP) is 2.71. The minimum absolute atomic E-state index is 0.441. The van der Waals surface area contributed by atoms with E-state index >= 15 is 0 Å². The number of halogens is 2. The summed E-state index contributed by atoms with van der Waals surface area (Å²) in [5.41, 5.74) is 6.18. The number of hydrogen-bond acceptors (Lipinski definition) is 5. The van der Waals surface area contributed by atoms with Gasteiger partial charge in [-0.3, -0.25) is 4.98 Å². The number of nitrogens with zero attached hydrogens (tertiary/aromatic N) is 3. The molecule has 2 rings (SSSR count). The third-order valence-electron chi connectivity index (χ3n) is 1.46. The van der Waals surface area contributed by atoms with Crippen molar-refractivity contribution in [3.63, 3.8) is 0 Å². The predicted molar refractivity (Wildman–Crippen MR) is 63.0 cm³/mol.